The van der Waals surface area contributed by atoms with Crippen molar-refractivity contribution < 1.29 is 32.3 Å². The number of Topliss-reactive ketones (excluding diaryl/α,β-unsaturated/α-hetero) is 3. The zero-order valence-electron chi connectivity index (χ0n) is 33.0. The van der Waals surface area contributed by atoms with E-state index in [4.69, 9.17) is 16.3 Å². The molecule has 2 fully saturated rings. The Morgan fingerprint density at radius 3 is 2.35 bits per heavy atom. The maximum atomic E-state index is 13.5. The van der Waals surface area contributed by atoms with E-state index in [1.165, 1.54) is 12.8 Å². The van der Waals surface area contributed by atoms with E-state index >= 15 is 0 Å². The van der Waals surface area contributed by atoms with Gasteiger partial charge in [-0.3, -0.25) is 14.4 Å². The number of alkyl halides is 4. The Bertz CT molecular complexity index is 1270. The van der Waals surface area contributed by atoms with Gasteiger partial charge >= 0.3 is 6.18 Å². The summed E-state index contributed by atoms with van der Waals surface area (Å²) in [5.74, 6) is 1.12. The summed E-state index contributed by atoms with van der Waals surface area (Å²) in [6.07, 6.45) is 17.9. The quantitative estimate of drug-likeness (QED) is 0.0843. The standard InChI is InChI=1S/C44H68ClF3O4/c1-7-38(49)39(50)22-23-42(5,6)27-29(2)41(51)33-17-14-32(15-18-33)16-19-34-26-35(10-8-13-40(30(34)3)52-28-44(46,47)48)31(4)43(24-25-43)36-11-9-12-37(45)21-20-36/h11,14,17,29-35,37,40H,7-10,12-13,15-16,18-28H2,1-6H3. The Morgan fingerprint density at radius 2 is 1.71 bits per heavy atom. The SMILES string of the molecule is CCC(=O)C(=O)CCC(C)(C)CC(C)C(=O)C1C=CC(CCC2CC(C(C)C3(C4=CCCC(Cl)CC4)CC3)CCCC(OCC(F)(F)F)C2C)CC1. The molecular weight excluding hydrogens is 685 g/mol. The summed E-state index contributed by atoms with van der Waals surface area (Å²) in [4.78, 5) is 37.4. The molecule has 0 aliphatic heterocycles. The van der Waals surface area contributed by atoms with Crippen LogP contribution in [0.25, 0.3) is 0 Å². The van der Waals surface area contributed by atoms with Crippen molar-refractivity contribution >= 4 is 29.0 Å². The molecule has 4 aliphatic rings. The molecule has 0 N–H and O–H groups in total. The van der Waals surface area contributed by atoms with Crippen molar-refractivity contribution in [2.24, 2.45) is 52.3 Å². The van der Waals surface area contributed by atoms with Gasteiger partial charge in [-0.2, -0.15) is 13.2 Å². The number of allylic oxidation sites excluding steroid dienone is 4. The number of carbonyl (C=O) groups is 3. The van der Waals surface area contributed by atoms with Gasteiger partial charge in [0.2, 0.25) is 0 Å². The minimum absolute atomic E-state index is 0.0445. The molecule has 8 heteroatoms. The lowest BCUT2D eigenvalue weighted by Gasteiger charge is -2.41. The second-order valence-corrected chi connectivity index (χ2v) is 18.8. The molecule has 52 heavy (non-hydrogen) atoms. The molecule has 0 heterocycles. The molecule has 296 valence electrons. The number of halogens is 4. The van der Waals surface area contributed by atoms with Crippen LogP contribution in [0.3, 0.4) is 0 Å². The third-order valence-electron chi connectivity index (χ3n) is 13.8. The lowest BCUT2D eigenvalue weighted by Crippen LogP contribution is -2.36. The molecule has 0 amide bonds. The zero-order valence-corrected chi connectivity index (χ0v) is 33.8. The van der Waals surface area contributed by atoms with Crippen LogP contribution in [0, 0.1) is 52.3 Å². The van der Waals surface area contributed by atoms with Crippen molar-refractivity contribution in [1.29, 1.82) is 0 Å². The smallest absolute Gasteiger partial charge is 0.369 e. The molecule has 9 atom stereocenters. The van der Waals surface area contributed by atoms with E-state index in [0.29, 0.717) is 37.0 Å². The maximum absolute atomic E-state index is 13.5. The Kier molecular flexibility index (Phi) is 15.7. The zero-order chi connectivity index (χ0) is 38.3. The topological polar surface area (TPSA) is 60.4 Å². The molecule has 0 aromatic heterocycles. The second kappa shape index (κ2) is 18.9. The average Bonchev–Trinajstić information content (AvgIpc) is 3.92. The molecule has 0 spiro atoms. The number of ketones is 3. The first-order chi connectivity index (χ1) is 24.4. The molecule has 0 bridgehead atoms. The van der Waals surface area contributed by atoms with Crippen molar-refractivity contribution in [3.05, 3.63) is 23.8 Å². The van der Waals surface area contributed by atoms with E-state index in [1.54, 1.807) is 12.5 Å². The van der Waals surface area contributed by atoms with Crippen LogP contribution in [0.4, 0.5) is 13.2 Å². The van der Waals surface area contributed by atoms with Gasteiger partial charge in [-0.15, -0.1) is 11.6 Å². The Balaban J connectivity index is 1.37. The summed E-state index contributed by atoms with van der Waals surface area (Å²) < 4.78 is 45.4. The summed E-state index contributed by atoms with van der Waals surface area (Å²) in [5.41, 5.74) is 1.68. The van der Waals surface area contributed by atoms with Crippen LogP contribution in [0.2, 0.25) is 0 Å². The third-order valence-corrected chi connectivity index (χ3v) is 14.2. The number of hydrogen-bond donors (Lipinski definition) is 0. The van der Waals surface area contributed by atoms with Crippen molar-refractivity contribution in [3.8, 4) is 0 Å². The lowest BCUT2D eigenvalue weighted by molar-refractivity contribution is -0.194. The fraction of sp³-hybridized carbons (Fsp3) is 0.841. The van der Waals surface area contributed by atoms with Gasteiger partial charge in [0.25, 0.3) is 0 Å². The maximum Gasteiger partial charge on any atom is 0.411 e. The molecule has 9 unspecified atom stereocenters. The largest absolute Gasteiger partial charge is 0.411 e. The number of carbonyl (C=O) groups excluding carboxylic acids is 3. The first kappa shape index (κ1) is 43.3. The summed E-state index contributed by atoms with van der Waals surface area (Å²) in [6.45, 7) is 11.2. The summed E-state index contributed by atoms with van der Waals surface area (Å²) in [6, 6.07) is 0. The number of rotatable bonds is 17. The highest BCUT2D eigenvalue weighted by Crippen LogP contribution is 2.62. The average molecular weight is 753 g/mol. The van der Waals surface area contributed by atoms with Crippen LogP contribution >= 0.6 is 11.6 Å². The molecular formula is C44H68ClF3O4. The van der Waals surface area contributed by atoms with Crippen LogP contribution < -0.4 is 0 Å². The van der Waals surface area contributed by atoms with Gasteiger partial charge in [0.05, 0.1) is 6.10 Å². The van der Waals surface area contributed by atoms with E-state index in [1.807, 2.05) is 6.92 Å². The monoisotopic (exact) mass is 752 g/mol. The third kappa shape index (κ3) is 12.3. The highest BCUT2D eigenvalue weighted by atomic mass is 35.5. The molecule has 0 saturated heterocycles. The van der Waals surface area contributed by atoms with Crippen LogP contribution in [0.15, 0.2) is 23.8 Å². The van der Waals surface area contributed by atoms with E-state index < -0.39 is 12.8 Å². The molecule has 0 radical (unpaired) electrons. The van der Waals surface area contributed by atoms with Gasteiger partial charge in [-0.05, 0) is 130 Å². The van der Waals surface area contributed by atoms with Gasteiger partial charge in [-0.1, -0.05) is 78.2 Å². The normalized spacial score (nSPS) is 31.0. The second-order valence-electron chi connectivity index (χ2n) is 18.2. The fourth-order valence-electron chi connectivity index (χ4n) is 10.2. The summed E-state index contributed by atoms with van der Waals surface area (Å²) in [7, 11) is 0. The van der Waals surface area contributed by atoms with E-state index in [9.17, 15) is 27.6 Å². The van der Waals surface area contributed by atoms with Gasteiger partial charge < -0.3 is 4.74 Å². The highest BCUT2D eigenvalue weighted by molar-refractivity contribution is 6.37. The van der Waals surface area contributed by atoms with Crippen molar-refractivity contribution in [2.75, 3.05) is 6.61 Å². The van der Waals surface area contributed by atoms with E-state index in [-0.39, 0.29) is 76.2 Å². The molecule has 0 aromatic carbocycles. The van der Waals surface area contributed by atoms with Crippen molar-refractivity contribution in [2.45, 2.75) is 175 Å². The van der Waals surface area contributed by atoms with Gasteiger partial charge in [-0.25, -0.2) is 0 Å². The number of hydrogen-bond acceptors (Lipinski definition) is 4. The summed E-state index contributed by atoms with van der Waals surface area (Å²) in [5, 5.41) is 0.255. The minimum Gasteiger partial charge on any atom is -0.369 e. The van der Waals surface area contributed by atoms with Gasteiger partial charge in [0, 0.05) is 30.1 Å². The number of ether oxygens (including phenoxy) is 1. The molecule has 4 rings (SSSR count). The lowest BCUT2D eigenvalue weighted by atomic mass is 9.66. The van der Waals surface area contributed by atoms with Crippen molar-refractivity contribution in [3.63, 3.8) is 0 Å². The van der Waals surface area contributed by atoms with Gasteiger partial charge in [0.1, 0.15) is 12.4 Å². The molecule has 4 aliphatic carbocycles. The van der Waals surface area contributed by atoms with Crippen molar-refractivity contribution in [1.82, 2.24) is 0 Å². The van der Waals surface area contributed by atoms with Crippen LogP contribution in [0.5, 0.6) is 0 Å². The van der Waals surface area contributed by atoms with Crippen LogP contribution in [-0.4, -0.2) is 41.6 Å². The Hall–Kier alpha value is -1.47. The summed E-state index contributed by atoms with van der Waals surface area (Å²) >= 11 is 6.56. The fourth-order valence-corrected chi connectivity index (χ4v) is 10.4. The Labute approximate surface area is 317 Å². The predicted molar refractivity (Wildman–Crippen MR) is 204 cm³/mol. The van der Waals surface area contributed by atoms with E-state index in [0.717, 1.165) is 70.6 Å². The van der Waals surface area contributed by atoms with Gasteiger partial charge in [0.15, 0.2) is 11.6 Å². The first-order valence-corrected chi connectivity index (χ1v) is 21.2. The molecule has 0 aromatic rings. The minimum atomic E-state index is -4.33. The molecule has 4 nitrogen and oxygen atoms in total. The van der Waals surface area contributed by atoms with Crippen LogP contribution in [0.1, 0.15) is 157 Å². The Morgan fingerprint density at radius 1 is 0.981 bits per heavy atom. The first-order valence-electron chi connectivity index (χ1n) is 20.7. The van der Waals surface area contributed by atoms with E-state index in [2.05, 4.69) is 45.9 Å². The predicted octanol–water partition coefficient (Wildman–Crippen LogP) is 12.2. The highest BCUT2D eigenvalue weighted by Gasteiger charge is 2.52. The molecule has 2 saturated carbocycles. The van der Waals surface area contributed by atoms with Crippen LogP contribution in [-0.2, 0) is 19.1 Å².